The summed E-state index contributed by atoms with van der Waals surface area (Å²) >= 11 is 0. The maximum atomic E-state index is 6.37. The largest absolute Gasteiger partial charge is 0.327 e. The van der Waals surface area contributed by atoms with Crippen molar-refractivity contribution >= 4 is 0 Å². The van der Waals surface area contributed by atoms with E-state index >= 15 is 0 Å². The molecule has 0 amide bonds. The zero-order chi connectivity index (χ0) is 13.2. The standard InChI is InChI=1S/C15H32N2/c1-7-15(4,5)17(6)10-13-12(3)8-11(2)9-14(13)16/h11-14H,7-10,16H2,1-6H3. The molecular formula is C15H32N2. The van der Waals surface area contributed by atoms with Gasteiger partial charge >= 0.3 is 0 Å². The maximum absolute atomic E-state index is 6.37. The summed E-state index contributed by atoms with van der Waals surface area (Å²) in [6.07, 6.45) is 3.74. The van der Waals surface area contributed by atoms with Gasteiger partial charge in [-0.25, -0.2) is 0 Å². The van der Waals surface area contributed by atoms with Crippen LogP contribution in [0.3, 0.4) is 0 Å². The summed E-state index contributed by atoms with van der Waals surface area (Å²) in [5, 5.41) is 0. The Balaban J connectivity index is 2.61. The van der Waals surface area contributed by atoms with Gasteiger partial charge in [-0.1, -0.05) is 20.8 Å². The van der Waals surface area contributed by atoms with Crippen molar-refractivity contribution < 1.29 is 0 Å². The van der Waals surface area contributed by atoms with Gasteiger partial charge in [-0.3, -0.25) is 0 Å². The van der Waals surface area contributed by atoms with Crippen LogP contribution in [0.2, 0.25) is 0 Å². The van der Waals surface area contributed by atoms with Gasteiger partial charge < -0.3 is 10.6 Å². The lowest BCUT2D eigenvalue weighted by molar-refractivity contribution is 0.0743. The first-order valence-electron chi connectivity index (χ1n) is 7.24. The molecule has 2 nitrogen and oxygen atoms in total. The van der Waals surface area contributed by atoms with Crippen LogP contribution in [0.5, 0.6) is 0 Å². The highest BCUT2D eigenvalue weighted by Crippen LogP contribution is 2.34. The number of hydrogen-bond donors (Lipinski definition) is 1. The summed E-state index contributed by atoms with van der Waals surface area (Å²) in [7, 11) is 2.25. The first-order valence-corrected chi connectivity index (χ1v) is 7.24. The summed E-state index contributed by atoms with van der Waals surface area (Å²) < 4.78 is 0. The fraction of sp³-hybridized carbons (Fsp3) is 1.00. The van der Waals surface area contributed by atoms with Crippen LogP contribution in [-0.2, 0) is 0 Å². The molecule has 2 heteroatoms. The number of nitrogens with two attached hydrogens (primary N) is 1. The molecule has 0 spiro atoms. The Hall–Kier alpha value is -0.0800. The third-order valence-electron chi connectivity index (χ3n) is 5.11. The Labute approximate surface area is 108 Å². The predicted molar refractivity (Wildman–Crippen MR) is 76.0 cm³/mol. The Bertz CT molecular complexity index is 225. The molecule has 4 unspecified atom stereocenters. The van der Waals surface area contributed by atoms with Crippen molar-refractivity contribution in [3.63, 3.8) is 0 Å². The molecule has 4 atom stereocenters. The average molecular weight is 240 g/mol. The highest BCUT2D eigenvalue weighted by atomic mass is 15.2. The normalized spacial score (nSPS) is 35.3. The van der Waals surface area contributed by atoms with Crippen molar-refractivity contribution in [2.75, 3.05) is 13.6 Å². The SMILES string of the molecule is CCC(C)(C)N(C)CC1C(C)CC(C)CC1N. The molecule has 1 aliphatic carbocycles. The second kappa shape index (κ2) is 5.71. The maximum Gasteiger partial charge on any atom is 0.0147 e. The van der Waals surface area contributed by atoms with E-state index in [1.807, 2.05) is 0 Å². The third kappa shape index (κ3) is 3.69. The van der Waals surface area contributed by atoms with Crippen LogP contribution in [0.1, 0.15) is 53.9 Å². The van der Waals surface area contributed by atoms with Gasteiger partial charge in [0.1, 0.15) is 0 Å². The molecule has 0 aromatic heterocycles. The molecule has 1 aliphatic rings. The third-order valence-corrected chi connectivity index (χ3v) is 5.11. The van der Waals surface area contributed by atoms with Gasteiger partial charge in [0, 0.05) is 18.1 Å². The molecule has 0 radical (unpaired) electrons. The Morgan fingerprint density at radius 1 is 1.24 bits per heavy atom. The quantitative estimate of drug-likeness (QED) is 0.818. The van der Waals surface area contributed by atoms with E-state index in [1.165, 1.54) is 19.3 Å². The smallest absolute Gasteiger partial charge is 0.0147 e. The fourth-order valence-electron chi connectivity index (χ4n) is 3.12. The van der Waals surface area contributed by atoms with E-state index in [0.717, 1.165) is 18.4 Å². The predicted octanol–water partition coefficient (Wildman–Crippen LogP) is 3.12. The Kier molecular flexibility index (Phi) is 5.03. The number of nitrogens with zero attached hydrogens (tertiary/aromatic N) is 1. The molecule has 17 heavy (non-hydrogen) atoms. The second-order valence-electron chi connectivity index (χ2n) is 6.93. The molecule has 0 saturated heterocycles. The number of hydrogen-bond acceptors (Lipinski definition) is 2. The van der Waals surface area contributed by atoms with E-state index in [1.54, 1.807) is 0 Å². The minimum Gasteiger partial charge on any atom is -0.327 e. The van der Waals surface area contributed by atoms with E-state index in [2.05, 4.69) is 46.6 Å². The zero-order valence-electron chi connectivity index (χ0n) is 12.7. The fourth-order valence-corrected chi connectivity index (χ4v) is 3.12. The molecule has 0 aromatic carbocycles. The second-order valence-corrected chi connectivity index (χ2v) is 6.93. The van der Waals surface area contributed by atoms with E-state index in [0.29, 0.717) is 17.5 Å². The van der Waals surface area contributed by atoms with Crippen LogP contribution in [0.4, 0.5) is 0 Å². The van der Waals surface area contributed by atoms with Crippen molar-refractivity contribution in [2.24, 2.45) is 23.5 Å². The molecule has 1 rings (SSSR count). The molecule has 1 saturated carbocycles. The summed E-state index contributed by atoms with van der Waals surface area (Å²) in [6.45, 7) is 12.8. The summed E-state index contributed by atoms with van der Waals surface area (Å²) in [6, 6.07) is 0.392. The summed E-state index contributed by atoms with van der Waals surface area (Å²) in [5.41, 5.74) is 6.66. The van der Waals surface area contributed by atoms with Crippen molar-refractivity contribution in [3.05, 3.63) is 0 Å². The Morgan fingerprint density at radius 2 is 1.82 bits per heavy atom. The zero-order valence-corrected chi connectivity index (χ0v) is 12.7. The van der Waals surface area contributed by atoms with Gasteiger partial charge in [0.2, 0.25) is 0 Å². The van der Waals surface area contributed by atoms with Crippen LogP contribution >= 0.6 is 0 Å². The first-order chi connectivity index (χ1) is 7.77. The van der Waals surface area contributed by atoms with E-state index in [4.69, 9.17) is 5.73 Å². The van der Waals surface area contributed by atoms with Crippen LogP contribution in [0.15, 0.2) is 0 Å². The van der Waals surface area contributed by atoms with Gasteiger partial charge in [-0.2, -0.15) is 0 Å². The lowest BCUT2D eigenvalue weighted by Gasteiger charge is -2.43. The van der Waals surface area contributed by atoms with Gasteiger partial charge in [-0.15, -0.1) is 0 Å². The van der Waals surface area contributed by atoms with Gasteiger partial charge in [-0.05, 0) is 57.9 Å². The van der Waals surface area contributed by atoms with E-state index in [9.17, 15) is 0 Å². The molecule has 1 fully saturated rings. The van der Waals surface area contributed by atoms with Gasteiger partial charge in [0.25, 0.3) is 0 Å². The van der Waals surface area contributed by atoms with Gasteiger partial charge in [0.05, 0.1) is 0 Å². The molecular weight excluding hydrogens is 208 g/mol. The molecule has 2 N–H and O–H groups in total. The van der Waals surface area contributed by atoms with Gasteiger partial charge in [0.15, 0.2) is 0 Å². The molecule has 0 bridgehead atoms. The number of rotatable bonds is 4. The van der Waals surface area contributed by atoms with Crippen molar-refractivity contribution in [2.45, 2.75) is 65.5 Å². The topological polar surface area (TPSA) is 29.3 Å². The summed E-state index contributed by atoms with van der Waals surface area (Å²) in [5.74, 6) is 2.24. The lowest BCUT2D eigenvalue weighted by atomic mass is 9.72. The average Bonchev–Trinajstić information content (AvgIpc) is 2.22. The minimum absolute atomic E-state index is 0.294. The summed E-state index contributed by atoms with van der Waals surface area (Å²) in [4.78, 5) is 2.50. The molecule has 102 valence electrons. The minimum atomic E-state index is 0.294. The van der Waals surface area contributed by atoms with Crippen molar-refractivity contribution in [1.82, 2.24) is 4.90 Å². The van der Waals surface area contributed by atoms with Crippen LogP contribution < -0.4 is 5.73 Å². The molecule has 0 heterocycles. The van der Waals surface area contributed by atoms with Crippen molar-refractivity contribution in [1.29, 1.82) is 0 Å². The van der Waals surface area contributed by atoms with Crippen molar-refractivity contribution in [3.8, 4) is 0 Å². The highest BCUT2D eigenvalue weighted by molar-refractivity contribution is 4.89. The monoisotopic (exact) mass is 240 g/mol. The van der Waals surface area contributed by atoms with Crippen LogP contribution in [0, 0.1) is 17.8 Å². The lowest BCUT2D eigenvalue weighted by Crippen LogP contribution is -2.50. The van der Waals surface area contributed by atoms with Crippen LogP contribution in [-0.4, -0.2) is 30.1 Å². The van der Waals surface area contributed by atoms with E-state index < -0.39 is 0 Å². The first kappa shape index (κ1) is 15.0. The van der Waals surface area contributed by atoms with Crippen LogP contribution in [0.25, 0.3) is 0 Å². The molecule has 0 aromatic rings. The van der Waals surface area contributed by atoms with E-state index in [-0.39, 0.29) is 0 Å². The highest BCUT2D eigenvalue weighted by Gasteiger charge is 2.34. The Morgan fingerprint density at radius 3 is 2.29 bits per heavy atom. The molecule has 0 aliphatic heterocycles.